The molecule has 1 N–H and O–H groups in total. The molecule has 112 valence electrons. The Labute approximate surface area is 124 Å². The van der Waals surface area contributed by atoms with E-state index in [0.717, 1.165) is 19.0 Å². The molecule has 0 saturated heterocycles. The monoisotopic (exact) mass is 287 g/mol. The molecule has 1 aliphatic carbocycles. The van der Waals surface area contributed by atoms with Gasteiger partial charge < -0.3 is 10.2 Å². The average molecular weight is 287 g/mol. The molecule has 0 aliphatic heterocycles. The smallest absolute Gasteiger partial charge is 0.257 e. The Morgan fingerprint density at radius 1 is 1.33 bits per heavy atom. The molecule has 2 aromatic heterocycles. The van der Waals surface area contributed by atoms with Gasteiger partial charge in [0.25, 0.3) is 5.95 Å². The van der Waals surface area contributed by atoms with E-state index in [0.29, 0.717) is 17.8 Å². The number of hydrogen-bond donors (Lipinski definition) is 1. The number of anilines is 2. The first-order valence-electron chi connectivity index (χ1n) is 7.49. The summed E-state index contributed by atoms with van der Waals surface area (Å²) in [6, 6.07) is 1.86. The molecule has 0 aromatic carbocycles. The maximum absolute atomic E-state index is 4.57. The highest BCUT2D eigenvalue weighted by Crippen LogP contribution is 2.28. The van der Waals surface area contributed by atoms with Crippen molar-refractivity contribution in [3.63, 3.8) is 0 Å². The molecule has 0 unspecified atom stereocenters. The second-order valence-corrected chi connectivity index (χ2v) is 5.30. The van der Waals surface area contributed by atoms with E-state index in [1.165, 1.54) is 19.3 Å². The summed E-state index contributed by atoms with van der Waals surface area (Å²) in [5.41, 5.74) is 0. The fourth-order valence-corrected chi connectivity index (χ4v) is 2.44. The third-order valence-corrected chi connectivity index (χ3v) is 3.91. The predicted molar refractivity (Wildman–Crippen MR) is 81.7 cm³/mol. The normalized spacial score (nSPS) is 14.8. The predicted octanol–water partition coefficient (Wildman–Crippen LogP) is 1.73. The van der Waals surface area contributed by atoms with Gasteiger partial charge in [-0.1, -0.05) is 6.42 Å². The van der Waals surface area contributed by atoms with Gasteiger partial charge in [-0.3, -0.25) is 0 Å². The number of rotatable bonds is 6. The Morgan fingerprint density at radius 3 is 2.76 bits per heavy atom. The van der Waals surface area contributed by atoms with Crippen LogP contribution in [-0.2, 0) is 0 Å². The lowest BCUT2D eigenvalue weighted by Crippen LogP contribution is -2.34. The summed E-state index contributed by atoms with van der Waals surface area (Å²) < 4.78 is 1.66. The number of aromatic nitrogens is 5. The molecule has 2 heterocycles. The molecule has 1 fully saturated rings. The topological polar surface area (TPSA) is 71.8 Å². The molecule has 0 radical (unpaired) electrons. The Balaban J connectivity index is 1.90. The molecule has 0 atom stereocenters. The van der Waals surface area contributed by atoms with Crippen LogP contribution in [0.1, 0.15) is 26.2 Å². The Hall–Kier alpha value is -2.18. The summed E-state index contributed by atoms with van der Waals surface area (Å²) in [7, 11) is 1.81. The van der Waals surface area contributed by atoms with Crippen molar-refractivity contribution in [1.82, 2.24) is 24.7 Å². The van der Waals surface area contributed by atoms with Crippen LogP contribution in [0.25, 0.3) is 5.95 Å². The van der Waals surface area contributed by atoms with Crippen molar-refractivity contribution in [2.24, 2.45) is 5.92 Å². The maximum Gasteiger partial charge on any atom is 0.257 e. The molecule has 0 bridgehead atoms. The van der Waals surface area contributed by atoms with Crippen molar-refractivity contribution in [3.8, 4) is 5.95 Å². The van der Waals surface area contributed by atoms with Crippen molar-refractivity contribution in [2.75, 3.05) is 30.4 Å². The fourth-order valence-electron chi connectivity index (χ4n) is 2.44. The van der Waals surface area contributed by atoms with Crippen LogP contribution in [0.4, 0.5) is 11.9 Å². The lowest BCUT2D eigenvalue weighted by molar-refractivity contribution is 0.317. The van der Waals surface area contributed by atoms with Crippen molar-refractivity contribution < 1.29 is 0 Å². The summed E-state index contributed by atoms with van der Waals surface area (Å²) >= 11 is 0. The first kappa shape index (κ1) is 13.8. The molecule has 2 aromatic rings. The number of nitrogens with one attached hydrogen (secondary N) is 1. The lowest BCUT2D eigenvalue weighted by atomic mass is 9.85. The second-order valence-electron chi connectivity index (χ2n) is 5.30. The van der Waals surface area contributed by atoms with E-state index in [2.05, 4.69) is 37.2 Å². The van der Waals surface area contributed by atoms with Gasteiger partial charge in [0.1, 0.15) is 0 Å². The zero-order valence-corrected chi connectivity index (χ0v) is 12.5. The minimum absolute atomic E-state index is 0.543. The lowest BCUT2D eigenvalue weighted by Gasteiger charge is -2.31. The molecule has 3 rings (SSSR count). The zero-order chi connectivity index (χ0) is 14.7. The summed E-state index contributed by atoms with van der Waals surface area (Å²) in [6.45, 7) is 4.04. The van der Waals surface area contributed by atoms with E-state index in [-0.39, 0.29) is 0 Å². The quantitative estimate of drug-likeness (QED) is 0.872. The summed E-state index contributed by atoms with van der Waals surface area (Å²) in [4.78, 5) is 15.7. The summed E-state index contributed by atoms with van der Waals surface area (Å²) in [5.74, 6) is 2.60. The number of nitrogens with zero attached hydrogens (tertiary/aromatic N) is 6. The van der Waals surface area contributed by atoms with E-state index in [1.54, 1.807) is 10.9 Å². The van der Waals surface area contributed by atoms with E-state index < -0.39 is 0 Å². The van der Waals surface area contributed by atoms with Gasteiger partial charge in [0, 0.05) is 32.5 Å². The first-order valence-corrected chi connectivity index (χ1v) is 7.49. The van der Waals surface area contributed by atoms with Crippen molar-refractivity contribution in [2.45, 2.75) is 26.2 Å². The molecule has 7 heteroatoms. The third-order valence-electron chi connectivity index (χ3n) is 3.91. The highest BCUT2D eigenvalue weighted by atomic mass is 15.4. The SMILES string of the molecule is CCN(CC1CCC1)c1nc(NC)nc(-n2cccn2)n1. The zero-order valence-electron chi connectivity index (χ0n) is 12.5. The van der Waals surface area contributed by atoms with Crippen LogP contribution < -0.4 is 10.2 Å². The molecule has 7 nitrogen and oxygen atoms in total. The van der Waals surface area contributed by atoms with Gasteiger partial charge in [0.05, 0.1) is 0 Å². The standard InChI is InChI=1S/C14H21N7/c1-3-20(10-11-6-4-7-11)13-17-12(15-2)18-14(19-13)21-9-5-8-16-21/h5,8-9,11H,3-4,6-7,10H2,1-2H3,(H,15,17,18,19). The molecular formula is C14H21N7. The van der Waals surface area contributed by atoms with Gasteiger partial charge in [-0.2, -0.15) is 20.1 Å². The average Bonchev–Trinajstić information content (AvgIpc) is 3.00. The summed E-state index contributed by atoms with van der Waals surface area (Å²) in [5, 5.41) is 7.19. The van der Waals surface area contributed by atoms with Crippen LogP contribution in [-0.4, -0.2) is 44.9 Å². The molecular weight excluding hydrogens is 266 g/mol. The Kier molecular flexibility index (Phi) is 3.98. The second kappa shape index (κ2) is 6.07. The van der Waals surface area contributed by atoms with Gasteiger partial charge in [0.15, 0.2) is 0 Å². The van der Waals surface area contributed by atoms with Crippen LogP contribution >= 0.6 is 0 Å². The van der Waals surface area contributed by atoms with Gasteiger partial charge in [0.2, 0.25) is 11.9 Å². The fraction of sp³-hybridized carbons (Fsp3) is 0.571. The maximum atomic E-state index is 4.57. The minimum Gasteiger partial charge on any atom is -0.357 e. The van der Waals surface area contributed by atoms with Crippen LogP contribution in [0.2, 0.25) is 0 Å². The van der Waals surface area contributed by atoms with Gasteiger partial charge >= 0.3 is 0 Å². The highest BCUT2D eigenvalue weighted by molar-refractivity contribution is 5.39. The number of hydrogen-bond acceptors (Lipinski definition) is 6. The largest absolute Gasteiger partial charge is 0.357 e. The van der Waals surface area contributed by atoms with Crippen LogP contribution in [0.3, 0.4) is 0 Å². The van der Waals surface area contributed by atoms with Crippen LogP contribution in [0.5, 0.6) is 0 Å². The van der Waals surface area contributed by atoms with E-state index in [4.69, 9.17) is 0 Å². The Bertz CT molecular complexity index is 577. The molecule has 1 aliphatic rings. The van der Waals surface area contributed by atoms with Gasteiger partial charge in [-0.05, 0) is 31.7 Å². The van der Waals surface area contributed by atoms with Gasteiger partial charge in [-0.25, -0.2) is 4.68 Å². The molecule has 21 heavy (non-hydrogen) atoms. The van der Waals surface area contributed by atoms with Gasteiger partial charge in [-0.15, -0.1) is 0 Å². The molecule has 1 saturated carbocycles. The van der Waals surface area contributed by atoms with Crippen LogP contribution in [0.15, 0.2) is 18.5 Å². The molecule has 0 spiro atoms. The Morgan fingerprint density at radius 2 is 2.19 bits per heavy atom. The van der Waals surface area contributed by atoms with E-state index >= 15 is 0 Å². The third kappa shape index (κ3) is 2.96. The van der Waals surface area contributed by atoms with Crippen molar-refractivity contribution in [3.05, 3.63) is 18.5 Å². The van der Waals surface area contributed by atoms with Crippen molar-refractivity contribution >= 4 is 11.9 Å². The molecule has 0 amide bonds. The first-order chi connectivity index (χ1) is 10.3. The highest BCUT2D eigenvalue weighted by Gasteiger charge is 2.22. The van der Waals surface area contributed by atoms with E-state index in [1.807, 2.05) is 19.3 Å². The van der Waals surface area contributed by atoms with Crippen molar-refractivity contribution in [1.29, 1.82) is 0 Å². The summed E-state index contributed by atoms with van der Waals surface area (Å²) in [6.07, 6.45) is 7.52. The van der Waals surface area contributed by atoms with E-state index in [9.17, 15) is 0 Å². The van der Waals surface area contributed by atoms with Crippen LogP contribution in [0, 0.1) is 5.92 Å². The minimum atomic E-state index is 0.543.